The van der Waals surface area contributed by atoms with Crippen molar-refractivity contribution in [1.82, 2.24) is 0 Å². The number of nitrogens with two attached hydrogens (primary N) is 1. The number of primary amides is 1. The van der Waals surface area contributed by atoms with E-state index in [4.69, 9.17) is 16.7 Å². The molecular weight excluding hydrogens is 146 g/mol. The monoisotopic (exact) mass is 149 g/mol. The number of halogens is 1. The number of hydrogen-bond donors (Lipinski definition) is 2. The van der Waals surface area contributed by atoms with Crippen molar-refractivity contribution in [3.63, 3.8) is 0 Å². The number of carboxylic acid groups (broad SMARTS) is 1. The molecule has 0 spiro atoms. The predicted molar refractivity (Wildman–Crippen MR) is 30.8 cm³/mol. The van der Waals surface area contributed by atoms with Crippen LogP contribution >= 0.6 is 11.6 Å². The smallest absolute Gasteiger partial charge is 0.347 e. The van der Waals surface area contributed by atoms with Gasteiger partial charge in [0.2, 0.25) is 5.91 Å². The van der Waals surface area contributed by atoms with Gasteiger partial charge in [0.15, 0.2) is 0 Å². The standard InChI is InChI=1S/C4H4ClNO3/c5-2(4(8)9)1-3(6)7/h1H,(H2,6,7)(H,8,9). The Morgan fingerprint density at radius 1 is 1.56 bits per heavy atom. The fourth-order valence-electron chi connectivity index (χ4n) is 0.187. The van der Waals surface area contributed by atoms with Crippen molar-refractivity contribution < 1.29 is 14.7 Å². The Morgan fingerprint density at radius 2 is 2.00 bits per heavy atom. The van der Waals surface area contributed by atoms with Gasteiger partial charge >= 0.3 is 5.97 Å². The molecule has 4 nitrogen and oxygen atoms in total. The van der Waals surface area contributed by atoms with Crippen LogP contribution < -0.4 is 5.73 Å². The van der Waals surface area contributed by atoms with Crippen LogP contribution in [0.2, 0.25) is 0 Å². The summed E-state index contributed by atoms with van der Waals surface area (Å²) < 4.78 is 0. The summed E-state index contributed by atoms with van der Waals surface area (Å²) in [6, 6.07) is 0. The van der Waals surface area contributed by atoms with E-state index in [-0.39, 0.29) is 0 Å². The van der Waals surface area contributed by atoms with Crippen LogP contribution in [0.5, 0.6) is 0 Å². The minimum atomic E-state index is -1.37. The van der Waals surface area contributed by atoms with Gasteiger partial charge in [-0.15, -0.1) is 0 Å². The first kappa shape index (κ1) is 7.97. The van der Waals surface area contributed by atoms with Gasteiger partial charge in [0.25, 0.3) is 0 Å². The lowest BCUT2D eigenvalue weighted by Crippen LogP contribution is -2.08. The van der Waals surface area contributed by atoms with E-state index in [1.165, 1.54) is 0 Å². The molecule has 50 valence electrons. The van der Waals surface area contributed by atoms with Crippen LogP contribution in [0, 0.1) is 0 Å². The molecule has 0 radical (unpaired) electrons. The van der Waals surface area contributed by atoms with Crippen LogP contribution in [-0.2, 0) is 9.59 Å². The summed E-state index contributed by atoms with van der Waals surface area (Å²) in [6.45, 7) is 0. The summed E-state index contributed by atoms with van der Waals surface area (Å²) in [5, 5.41) is 7.44. The molecule has 0 aliphatic heterocycles. The number of carbonyl (C=O) groups excluding carboxylic acids is 1. The third-order valence-electron chi connectivity index (χ3n) is 0.473. The van der Waals surface area contributed by atoms with Crippen molar-refractivity contribution in [1.29, 1.82) is 0 Å². The maximum atomic E-state index is 9.91. The molecule has 0 aliphatic carbocycles. The largest absolute Gasteiger partial charge is 0.477 e. The molecule has 0 saturated carbocycles. The van der Waals surface area contributed by atoms with Crippen LogP contribution in [-0.4, -0.2) is 17.0 Å². The maximum Gasteiger partial charge on any atom is 0.347 e. The number of hydrogen-bond acceptors (Lipinski definition) is 2. The van der Waals surface area contributed by atoms with Crippen LogP contribution in [0.1, 0.15) is 0 Å². The molecule has 1 amide bonds. The van der Waals surface area contributed by atoms with E-state index in [9.17, 15) is 9.59 Å². The first-order chi connectivity index (χ1) is 4.04. The van der Waals surface area contributed by atoms with Crippen LogP contribution in [0.15, 0.2) is 11.1 Å². The first-order valence-electron chi connectivity index (χ1n) is 1.94. The third kappa shape index (κ3) is 3.54. The van der Waals surface area contributed by atoms with Gasteiger partial charge < -0.3 is 10.8 Å². The summed E-state index contributed by atoms with van der Waals surface area (Å²) >= 11 is 4.97. The lowest BCUT2D eigenvalue weighted by atomic mass is 10.5. The number of carbonyl (C=O) groups is 2. The molecule has 5 heteroatoms. The number of carboxylic acids is 1. The van der Waals surface area contributed by atoms with Gasteiger partial charge in [0.05, 0.1) is 0 Å². The van der Waals surface area contributed by atoms with Gasteiger partial charge in [-0.2, -0.15) is 0 Å². The van der Waals surface area contributed by atoms with Gasteiger partial charge in [-0.1, -0.05) is 11.6 Å². The Morgan fingerprint density at radius 3 is 2.11 bits per heavy atom. The van der Waals surface area contributed by atoms with Crippen molar-refractivity contribution in [2.24, 2.45) is 5.73 Å². The highest BCUT2D eigenvalue weighted by Gasteiger charge is 2.02. The molecule has 0 heterocycles. The Bertz CT molecular complexity index is 175. The highest BCUT2D eigenvalue weighted by molar-refractivity contribution is 6.42. The van der Waals surface area contributed by atoms with E-state index < -0.39 is 16.9 Å². The van der Waals surface area contributed by atoms with Crippen molar-refractivity contribution >= 4 is 23.5 Å². The molecule has 0 fully saturated rings. The van der Waals surface area contributed by atoms with E-state index in [1.807, 2.05) is 0 Å². The zero-order chi connectivity index (χ0) is 7.44. The molecule has 3 N–H and O–H groups in total. The Labute approximate surface area is 55.9 Å². The summed E-state index contributed by atoms with van der Waals surface area (Å²) in [6.07, 6.45) is 0.629. The summed E-state index contributed by atoms with van der Waals surface area (Å²) in [5.41, 5.74) is 4.57. The van der Waals surface area contributed by atoms with Crippen LogP contribution in [0.25, 0.3) is 0 Å². The van der Waals surface area contributed by atoms with E-state index in [0.717, 1.165) is 0 Å². The average Bonchev–Trinajstić information content (AvgIpc) is 1.63. The second-order valence-electron chi connectivity index (χ2n) is 1.20. The Hall–Kier alpha value is -1.03. The molecule has 9 heavy (non-hydrogen) atoms. The summed E-state index contributed by atoms with van der Waals surface area (Å²) in [7, 11) is 0. The lowest BCUT2D eigenvalue weighted by molar-refractivity contribution is -0.132. The molecule has 0 aliphatic rings. The second kappa shape index (κ2) is 3.09. The number of aliphatic carboxylic acids is 1. The molecule has 0 bridgehead atoms. The second-order valence-corrected chi connectivity index (χ2v) is 1.61. The minimum Gasteiger partial charge on any atom is -0.477 e. The molecule has 0 unspecified atom stereocenters. The number of rotatable bonds is 2. The molecule has 0 aromatic carbocycles. The lowest BCUT2D eigenvalue weighted by Gasteiger charge is -1.84. The fourth-order valence-corrected chi connectivity index (χ4v) is 0.294. The van der Waals surface area contributed by atoms with E-state index in [1.54, 1.807) is 0 Å². The average molecular weight is 150 g/mol. The predicted octanol–water partition coefficient (Wildman–Crippen LogP) is -0.321. The molecule has 0 atom stereocenters. The molecule has 0 aromatic heterocycles. The topological polar surface area (TPSA) is 80.4 Å². The van der Waals surface area contributed by atoms with Gasteiger partial charge in [-0.3, -0.25) is 4.79 Å². The molecular formula is C4H4ClNO3. The first-order valence-corrected chi connectivity index (χ1v) is 2.31. The highest BCUT2D eigenvalue weighted by Crippen LogP contribution is 1.98. The number of amides is 1. The Balaban J connectivity index is 4.17. The van der Waals surface area contributed by atoms with E-state index >= 15 is 0 Å². The van der Waals surface area contributed by atoms with Gasteiger partial charge in [0.1, 0.15) is 5.03 Å². The van der Waals surface area contributed by atoms with Crippen molar-refractivity contribution in [3.8, 4) is 0 Å². The molecule has 0 rings (SSSR count). The normalized spacial score (nSPS) is 11.0. The van der Waals surface area contributed by atoms with E-state index in [2.05, 4.69) is 5.73 Å². The van der Waals surface area contributed by atoms with Crippen LogP contribution in [0.4, 0.5) is 0 Å². The maximum absolute atomic E-state index is 9.91. The van der Waals surface area contributed by atoms with Crippen molar-refractivity contribution in [2.75, 3.05) is 0 Å². The van der Waals surface area contributed by atoms with E-state index in [0.29, 0.717) is 6.08 Å². The third-order valence-corrected chi connectivity index (χ3v) is 0.744. The SMILES string of the molecule is NC(=O)C=C(Cl)C(=O)O. The summed E-state index contributed by atoms with van der Waals surface area (Å²) in [5.74, 6) is -2.24. The quantitative estimate of drug-likeness (QED) is 0.528. The Kier molecular flexibility index (Phi) is 2.73. The van der Waals surface area contributed by atoms with Gasteiger partial charge in [-0.25, -0.2) is 4.79 Å². The molecule has 0 saturated heterocycles. The van der Waals surface area contributed by atoms with Gasteiger partial charge in [0, 0.05) is 6.08 Å². The minimum absolute atomic E-state index is 0.581. The molecule has 0 aromatic rings. The van der Waals surface area contributed by atoms with Gasteiger partial charge in [-0.05, 0) is 0 Å². The van der Waals surface area contributed by atoms with Crippen molar-refractivity contribution in [2.45, 2.75) is 0 Å². The summed E-state index contributed by atoms with van der Waals surface area (Å²) in [4.78, 5) is 19.7. The van der Waals surface area contributed by atoms with Crippen molar-refractivity contribution in [3.05, 3.63) is 11.1 Å². The highest BCUT2D eigenvalue weighted by atomic mass is 35.5. The zero-order valence-corrected chi connectivity index (χ0v) is 5.05. The zero-order valence-electron chi connectivity index (χ0n) is 4.30. The fraction of sp³-hybridized carbons (Fsp3) is 0. The van der Waals surface area contributed by atoms with Crippen LogP contribution in [0.3, 0.4) is 0 Å².